The number of carbonyl (C=O) groups is 1. The van der Waals surface area contributed by atoms with Gasteiger partial charge in [-0.05, 0) is 19.9 Å². The Morgan fingerprint density at radius 3 is 2.42 bits per heavy atom. The van der Waals surface area contributed by atoms with Crippen LogP contribution in [0.2, 0.25) is 0 Å². The molecule has 0 spiro atoms. The highest BCUT2D eigenvalue weighted by atomic mass is 17.2. The lowest BCUT2D eigenvalue weighted by Crippen LogP contribution is -2.20. The Balaban J connectivity index is 3.67. The summed E-state index contributed by atoms with van der Waals surface area (Å²) in [4.78, 5) is 19.2. The normalized spacial score (nSPS) is 12.6. The molecule has 0 aliphatic rings. The van der Waals surface area contributed by atoms with Crippen molar-refractivity contribution < 1.29 is 24.4 Å². The lowest BCUT2D eigenvalue weighted by molar-refractivity contribution is -0.372. The number of hydrogen-bond donors (Lipinski definition) is 1. The van der Waals surface area contributed by atoms with Crippen LogP contribution in [-0.2, 0) is 14.5 Å². The molecule has 0 aromatic rings. The number of rotatable bonds is 5. The molecule has 0 heterocycles. The number of ether oxygens (including phenoxy) is 1. The van der Waals surface area contributed by atoms with Crippen LogP contribution in [0, 0.1) is 0 Å². The van der Waals surface area contributed by atoms with Crippen molar-refractivity contribution in [1.29, 1.82) is 0 Å². The van der Waals surface area contributed by atoms with Crippen molar-refractivity contribution in [3.05, 3.63) is 12.7 Å². The minimum atomic E-state index is -1.44. The number of hydrogen-bond acceptors (Lipinski definition) is 4. The molecule has 5 nitrogen and oxygen atoms in total. The van der Waals surface area contributed by atoms with Gasteiger partial charge in [-0.3, -0.25) is 0 Å². The van der Waals surface area contributed by atoms with Gasteiger partial charge in [0, 0.05) is 0 Å². The summed E-state index contributed by atoms with van der Waals surface area (Å²) in [5.74, 6) is 0. The van der Waals surface area contributed by atoms with Gasteiger partial charge in [-0.25, -0.2) is 9.68 Å². The highest BCUT2D eigenvalue weighted by Crippen LogP contribution is 2.00. The average molecular weight is 176 g/mol. The second kappa shape index (κ2) is 5.56. The maximum atomic E-state index is 10.0. The Morgan fingerprint density at radius 2 is 2.08 bits per heavy atom. The lowest BCUT2D eigenvalue weighted by atomic mass is 10.5. The van der Waals surface area contributed by atoms with E-state index < -0.39 is 12.4 Å². The van der Waals surface area contributed by atoms with E-state index in [0.717, 1.165) is 0 Å². The van der Waals surface area contributed by atoms with Gasteiger partial charge in [-0.2, -0.15) is 4.89 Å². The molecule has 1 unspecified atom stereocenters. The third-order valence-corrected chi connectivity index (χ3v) is 0.752. The van der Waals surface area contributed by atoms with Crippen LogP contribution in [0.5, 0.6) is 0 Å². The monoisotopic (exact) mass is 176 g/mol. The molecule has 0 radical (unpaired) electrons. The Labute approximate surface area is 70.5 Å². The first kappa shape index (κ1) is 10.9. The second-order valence-corrected chi connectivity index (χ2v) is 2.23. The van der Waals surface area contributed by atoms with Gasteiger partial charge in [0.1, 0.15) is 0 Å². The summed E-state index contributed by atoms with van der Waals surface area (Å²) < 4.78 is 4.20. The fraction of sp³-hybridized carbons (Fsp3) is 0.571. The zero-order valence-electron chi connectivity index (χ0n) is 7.02. The minimum Gasteiger partial charge on any atom is -0.450 e. The van der Waals surface area contributed by atoms with E-state index in [1.54, 1.807) is 13.8 Å². The van der Waals surface area contributed by atoms with Crippen LogP contribution < -0.4 is 0 Å². The SMILES string of the molecule is C=CC(OOC(C)C)OC(=O)O. The van der Waals surface area contributed by atoms with Gasteiger partial charge in [0.15, 0.2) is 0 Å². The van der Waals surface area contributed by atoms with E-state index >= 15 is 0 Å². The van der Waals surface area contributed by atoms with E-state index in [1.807, 2.05) is 0 Å². The van der Waals surface area contributed by atoms with Crippen molar-refractivity contribution in [3.63, 3.8) is 0 Å². The zero-order chi connectivity index (χ0) is 9.56. The van der Waals surface area contributed by atoms with Gasteiger partial charge in [0.2, 0.25) is 0 Å². The second-order valence-electron chi connectivity index (χ2n) is 2.23. The van der Waals surface area contributed by atoms with Crippen molar-refractivity contribution in [2.45, 2.75) is 26.2 Å². The van der Waals surface area contributed by atoms with Crippen LogP contribution in [0.15, 0.2) is 12.7 Å². The van der Waals surface area contributed by atoms with E-state index in [1.165, 1.54) is 6.08 Å². The molecule has 0 rings (SSSR count). The first-order chi connectivity index (χ1) is 5.56. The molecule has 1 N–H and O–H groups in total. The fourth-order valence-electron chi connectivity index (χ4n) is 0.372. The molecule has 0 aromatic carbocycles. The third kappa shape index (κ3) is 5.70. The molecule has 0 bridgehead atoms. The summed E-state index contributed by atoms with van der Waals surface area (Å²) in [6.45, 7) is 6.77. The summed E-state index contributed by atoms with van der Waals surface area (Å²) in [6, 6.07) is 0. The van der Waals surface area contributed by atoms with Crippen LogP contribution in [0.1, 0.15) is 13.8 Å². The summed E-state index contributed by atoms with van der Waals surface area (Å²) in [5, 5.41) is 8.17. The molecule has 0 aliphatic heterocycles. The Hall–Kier alpha value is -1.07. The van der Waals surface area contributed by atoms with Crippen LogP contribution in [0.4, 0.5) is 4.79 Å². The largest absolute Gasteiger partial charge is 0.508 e. The number of carboxylic acid groups (broad SMARTS) is 1. The summed E-state index contributed by atoms with van der Waals surface area (Å²) in [5.41, 5.74) is 0. The molecule has 70 valence electrons. The molecule has 1 atom stereocenters. The van der Waals surface area contributed by atoms with E-state index in [0.29, 0.717) is 0 Å². The molecule has 0 saturated heterocycles. The quantitative estimate of drug-likeness (QED) is 0.226. The highest BCUT2D eigenvalue weighted by molar-refractivity contribution is 5.57. The smallest absolute Gasteiger partial charge is 0.450 e. The standard InChI is InChI=1S/C7H12O5/c1-4-6(10-7(8)9)12-11-5(2)3/h4-6H,1H2,2-3H3,(H,8,9). The molecule has 0 fully saturated rings. The van der Waals surface area contributed by atoms with Crippen molar-refractivity contribution in [2.75, 3.05) is 0 Å². The van der Waals surface area contributed by atoms with Crippen molar-refractivity contribution in [2.24, 2.45) is 0 Å². The van der Waals surface area contributed by atoms with Gasteiger partial charge in [0.05, 0.1) is 6.10 Å². The third-order valence-electron chi connectivity index (χ3n) is 0.752. The summed E-state index contributed by atoms with van der Waals surface area (Å²) in [7, 11) is 0. The first-order valence-corrected chi connectivity index (χ1v) is 3.40. The van der Waals surface area contributed by atoms with Crippen LogP contribution >= 0.6 is 0 Å². The van der Waals surface area contributed by atoms with Gasteiger partial charge in [0.25, 0.3) is 6.29 Å². The molecule has 12 heavy (non-hydrogen) atoms. The van der Waals surface area contributed by atoms with Crippen molar-refractivity contribution in [3.8, 4) is 0 Å². The molecule has 0 aliphatic carbocycles. The van der Waals surface area contributed by atoms with Crippen LogP contribution in [0.25, 0.3) is 0 Å². The Bertz CT molecular complexity index is 154. The highest BCUT2D eigenvalue weighted by Gasteiger charge is 2.10. The fourth-order valence-corrected chi connectivity index (χ4v) is 0.372. The summed E-state index contributed by atoms with van der Waals surface area (Å²) >= 11 is 0. The maximum Gasteiger partial charge on any atom is 0.508 e. The molecular weight excluding hydrogens is 164 g/mol. The van der Waals surface area contributed by atoms with E-state index in [2.05, 4.69) is 21.1 Å². The zero-order valence-corrected chi connectivity index (χ0v) is 7.02. The average Bonchev–Trinajstić information content (AvgIpc) is 1.97. The van der Waals surface area contributed by atoms with Gasteiger partial charge in [-0.1, -0.05) is 6.58 Å². The van der Waals surface area contributed by atoms with E-state index in [4.69, 9.17) is 5.11 Å². The first-order valence-electron chi connectivity index (χ1n) is 3.40. The molecule has 0 amide bonds. The lowest BCUT2D eigenvalue weighted by Gasteiger charge is -2.12. The van der Waals surface area contributed by atoms with Crippen molar-refractivity contribution in [1.82, 2.24) is 0 Å². The predicted molar refractivity (Wildman–Crippen MR) is 40.4 cm³/mol. The van der Waals surface area contributed by atoms with Crippen LogP contribution in [0.3, 0.4) is 0 Å². The molecule has 5 heteroatoms. The van der Waals surface area contributed by atoms with Gasteiger partial charge >= 0.3 is 6.16 Å². The Kier molecular flexibility index (Phi) is 5.07. The van der Waals surface area contributed by atoms with Gasteiger partial charge < -0.3 is 9.84 Å². The van der Waals surface area contributed by atoms with E-state index in [9.17, 15) is 4.79 Å². The van der Waals surface area contributed by atoms with Crippen molar-refractivity contribution >= 4 is 6.16 Å². The predicted octanol–water partition coefficient (Wildman–Crippen LogP) is 1.55. The molecular formula is C7H12O5. The maximum absolute atomic E-state index is 10.0. The molecule has 0 aromatic heterocycles. The molecule has 0 saturated carbocycles. The van der Waals surface area contributed by atoms with Gasteiger partial charge in [-0.15, -0.1) is 0 Å². The Morgan fingerprint density at radius 1 is 1.50 bits per heavy atom. The summed E-state index contributed by atoms with van der Waals surface area (Å²) in [6.07, 6.45) is -1.50. The van der Waals surface area contributed by atoms with Crippen LogP contribution in [-0.4, -0.2) is 23.7 Å². The van der Waals surface area contributed by atoms with E-state index in [-0.39, 0.29) is 6.10 Å². The minimum absolute atomic E-state index is 0.162. The topological polar surface area (TPSA) is 65.0 Å².